The molecule has 0 saturated carbocycles. The summed E-state index contributed by atoms with van der Waals surface area (Å²) in [6.07, 6.45) is 2.52. The summed E-state index contributed by atoms with van der Waals surface area (Å²) in [6, 6.07) is 11.0. The number of benzene rings is 1. The van der Waals surface area contributed by atoms with E-state index in [1.807, 2.05) is 38.3 Å². The van der Waals surface area contributed by atoms with Crippen LogP contribution < -0.4 is 0 Å². The summed E-state index contributed by atoms with van der Waals surface area (Å²) in [5, 5.41) is 25.0. The molecule has 0 amide bonds. The maximum atomic E-state index is 13.4. The SMILES string of the molecule is CC(=Cc1csc(C)n1)[C@@H]1C[C@H]2C(CCCC(C)[C@H](O)[C@@H](C)C(=O)C(C)(C)[C@@H](O)CC(=O)O1)N2Cc1ccccc1. The first-order chi connectivity index (χ1) is 19.4. The average Bonchev–Trinajstić information content (AvgIpc) is 3.38. The minimum atomic E-state index is -1.23. The Balaban J connectivity index is 1.62. The van der Waals surface area contributed by atoms with Crippen LogP contribution in [0.25, 0.3) is 6.08 Å². The molecule has 0 aliphatic carbocycles. The number of hydrogen-bond acceptors (Lipinski definition) is 8. The maximum Gasteiger partial charge on any atom is 0.309 e. The number of aliphatic hydroxyl groups excluding tert-OH is 2. The highest BCUT2D eigenvalue weighted by atomic mass is 32.1. The molecule has 3 heterocycles. The summed E-state index contributed by atoms with van der Waals surface area (Å²) in [5.74, 6) is -1.49. The van der Waals surface area contributed by atoms with Crippen LogP contribution in [0.5, 0.6) is 0 Å². The van der Waals surface area contributed by atoms with Gasteiger partial charge in [0.15, 0.2) is 0 Å². The first-order valence-corrected chi connectivity index (χ1v) is 15.8. The lowest BCUT2D eigenvalue weighted by Crippen LogP contribution is -2.45. The monoisotopic (exact) mass is 582 g/mol. The Bertz CT molecular complexity index is 1230. The van der Waals surface area contributed by atoms with Crippen LogP contribution in [0.1, 0.15) is 83.0 Å². The minimum absolute atomic E-state index is 0.0565. The van der Waals surface area contributed by atoms with E-state index in [0.717, 1.165) is 42.1 Å². The average molecular weight is 583 g/mol. The molecule has 1 aromatic heterocycles. The Morgan fingerprint density at radius 3 is 2.51 bits per heavy atom. The van der Waals surface area contributed by atoms with Crippen molar-refractivity contribution in [1.82, 2.24) is 9.88 Å². The highest BCUT2D eigenvalue weighted by molar-refractivity contribution is 7.09. The number of aryl methyl sites for hydroxylation is 1. The summed E-state index contributed by atoms with van der Waals surface area (Å²) < 4.78 is 6.07. The van der Waals surface area contributed by atoms with Gasteiger partial charge in [0.25, 0.3) is 0 Å². The van der Waals surface area contributed by atoms with Crippen LogP contribution in [-0.4, -0.2) is 62.2 Å². The molecule has 2 saturated heterocycles. The van der Waals surface area contributed by atoms with Crippen molar-refractivity contribution in [1.29, 1.82) is 0 Å². The Morgan fingerprint density at radius 1 is 1.15 bits per heavy atom. The van der Waals surface area contributed by atoms with Crippen molar-refractivity contribution in [2.24, 2.45) is 17.3 Å². The number of hydrogen-bond donors (Lipinski definition) is 2. The van der Waals surface area contributed by atoms with Gasteiger partial charge in [0.05, 0.1) is 34.7 Å². The minimum Gasteiger partial charge on any atom is -0.458 e. The number of esters is 1. The third-order valence-corrected chi connectivity index (χ3v) is 9.95. The Hall–Kier alpha value is -2.39. The molecule has 7 nitrogen and oxygen atoms in total. The van der Waals surface area contributed by atoms with E-state index in [2.05, 4.69) is 34.1 Å². The fourth-order valence-electron chi connectivity index (χ4n) is 6.23. The molecule has 41 heavy (non-hydrogen) atoms. The fraction of sp³-hybridized carbons (Fsp3) is 0.606. The van der Waals surface area contributed by atoms with Crippen LogP contribution in [0.3, 0.4) is 0 Å². The number of cyclic esters (lactones) is 1. The molecule has 1 aromatic carbocycles. The predicted octanol–water partition coefficient (Wildman–Crippen LogP) is 5.57. The molecule has 224 valence electrons. The van der Waals surface area contributed by atoms with Gasteiger partial charge in [-0.15, -0.1) is 11.3 Å². The van der Waals surface area contributed by atoms with Gasteiger partial charge < -0.3 is 14.9 Å². The van der Waals surface area contributed by atoms with E-state index < -0.39 is 35.6 Å². The molecule has 0 spiro atoms. The summed E-state index contributed by atoms with van der Waals surface area (Å²) in [4.78, 5) is 33.7. The van der Waals surface area contributed by atoms with Crippen LogP contribution in [0, 0.1) is 24.2 Å². The number of Topliss-reactive ketones (excluding diaryl/α,β-unsaturated/α-hetero) is 1. The Labute approximate surface area is 248 Å². The third kappa shape index (κ3) is 7.72. The van der Waals surface area contributed by atoms with Crippen LogP contribution >= 0.6 is 11.3 Å². The van der Waals surface area contributed by atoms with E-state index >= 15 is 0 Å². The molecule has 2 aliphatic rings. The maximum absolute atomic E-state index is 13.4. The zero-order valence-electron chi connectivity index (χ0n) is 25.2. The van der Waals surface area contributed by atoms with Gasteiger partial charge in [0, 0.05) is 36.3 Å². The molecule has 2 fully saturated rings. The van der Waals surface area contributed by atoms with Crippen LogP contribution in [-0.2, 0) is 20.9 Å². The van der Waals surface area contributed by atoms with Gasteiger partial charge in [-0.3, -0.25) is 14.5 Å². The largest absolute Gasteiger partial charge is 0.458 e. The zero-order chi connectivity index (χ0) is 29.9. The van der Waals surface area contributed by atoms with E-state index in [-0.39, 0.29) is 24.2 Å². The van der Waals surface area contributed by atoms with Gasteiger partial charge in [-0.2, -0.15) is 0 Å². The number of fused-ring (bicyclic) bond motifs is 1. The van der Waals surface area contributed by atoms with E-state index in [1.165, 1.54) is 5.56 Å². The standard InChI is InChI=1S/C33H46N2O5S/c1-20-11-10-14-26-27(35(26)18-24-12-8-7-9-13-24)16-28(21(2)15-25-19-41-23(4)34-25)40-30(37)17-29(36)33(5,6)32(39)22(3)31(20)38/h7-9,12-13,15,19-20,22,26-29,31,36,38H,10-11,14,16-18H2,1-6H3/t20?,22-,26?,27+,28+,29+,31+,35?/m1/s1. The third-order valence-electron chi connectivity index (χ3n) is 9.16. The van der Waals surface area contributed by atoms with E-state index in [1.54, 1.807) is 32.1 Å². The van der Waals surface area contributed by atoms with Crippen LogP contribution in [0.15, 0.2) is 41.3 Å². The van der Waals surface area contributed by atoms with Gasteiger partial charge in [0.2, 0.25) is 0 Å². The molecule has 0 bridgehead atoms. The van der Waals surface area contributed by atoms with Gasteiger partial charge in [0.1, 0.15) is 11.9 Å². The molecular formula is C33H46N2O5S. The molecular weight excluding hydrogens is 536 g/mol. The quantitative estimate of drug-likeness (QED) is 0.359. The van der Waals surface area contributed by atoms with Gasteiger partial charge in [-0.05, 0) is 49.8 Å². The lowest BCUT2D eigenvalue weighted by molar-refractivity contribution is -0.154. The van der Waals surface area contributed by atoms with Gasteiger partial charge >= 0.3 is 5.97 Å². The number of thiazole rings is 1. The second-order valence-corrected chi connectivity index (χ2v) is 13.7. The second kappa shape index (κ2) is 13.3. The number of nitrogens with zero attached hydrogens (tertiary/aromatic N) is 2. The number of rotatable bonds is 4. The van der Waals surface area contributed by atoms with Gasteiger partial charge in [-0.25, -0.2) is 4.98 Å². The normalized spacial score (nSPS) is 33.6. The first-order valence-electron chi connectivity index (χ1n) is 14.9. The number of ether oxygens (including phenoxy) is 1. The molecule has 8 heteroatoms. The predicted molar refractivity (Wildman–Crippen MR) is 162 cm³/mol. The van der Waals surface area contributed by atoms with Crippen molar-refractivity contribution in [3.63, 3.8) is 0 Å². The summed E-state index contributed by atoms with van der Waals surface area (Å²) in [7, 11) is 0. The molecule has 3 unspecified atom stereocenters. The first kappa shape index (κ1) is 31.5. The van der Waals surface area contributed by atoms with Crippen molar-refractivity contribution in [2.45, 2.75) is 111 Å². The number of aromatic nitrogens is 1. The molecule has 8 atom stereocenters. The highest BCUT2D eigenvalue weighted by Crippen LogP contribution is 2.40. The van der Waals surface area contributed by atoms with E-state index in [9.17, 15) is 19.8 Å². The Morgan fingerprint density at radius 2 is 1.85 bits per heavy atom. The molecule has 4 rings (SSSR count). The lowest BCUT2D eigenvalue weighted by atomic mass is 9.73. The molecule has 2 aliphatic heterocycles. The number of ketones is 1. The second-order valence-electron chi connectivity index (χ2n) is 12.7. The van der Waals surface area contributed by atoms with Crippen molar-refractivity contribution in [3.8, 4) is 0 Å². The molecule has 0 radical (unpaired) electrons. The van der Waals surface area contributed by atoms with E-state index in [0.29, 0.717) is 12.5 Å². The molecule has 2 aromatic rings. The van der Waals surface area contributed by atoms with E-state index in [4.69, 9.17) is 4.74 Å². The van der Waals surface area contributed by atoms with Crippen LogP contribution in [0.2, 0.25) is 0 Å². The topological polar surface area (TPSA) is 99.7 Å². The Kier molecular flexibility index (Phi) is 10.2. The lowest BCUT2D eigenvalue weighted by Gasteiger charge is -2.34. The van der Waals surface area contributed by atoms with Crippen molar-refractivity contribution in [2.75, 3.05) is 0 Å². The highest BCUT2D eigenvalue weighted by Gasteiger charge is 2.48. The van der Waals surface area contributed by atoms with Gasteiger partial charge in [-0.1, -0.05) is 64.4 Å². The number of carbonyl (C=O) groups is 2. The number of aliphatic hydroxyl groups is 2. The van der Waals surface area contributed by atoms with Crippen molar-refractivity contribution >= 4 is 29.2 Å². The fourth-order valence-corrected chi connectivity index (χ4v) is 6.80. The summed E-state index contributed by atoms with van der Waals surface area (Å²) >= 11 is 1.58. The van der Waals surface area contributed by atoms with Crippen molar-refractivity contribution in [3.05, 3.63) is 57.6 Å². The smallest absolute Gasteiger partial charge is 0.309 e. The van der Waals surface area contributed by atoms with Crippen LogP contribution in [0.4, 0.5) is 0 Å². The molecule has 2 N–H and O–H groups in total. The van der Waals surface area contributed by atoms with Crippen molar-refractivity contribution < 1.29 is 24.5 Å². The number of carbonyl (C=O) groups excluding carboxylic acids is 2. The summed E-state index contributed by atoms with van der Waals surface area (Å²) in [6.45, 7) is 11.8. The zero-order valence-corrected chi connectivity index (χ0v) is 26.1. The summed E-state index contributed by atoms with van der Waals surface area (Å²) in [5.41, 5.74) is 1.79.